The van der Waals surface area contributed by atoms with Gasteiger partial charge >= 0.3 is 0 Å². The van der Waals surface area contributed by atoms with Gasteiger partial charge in [0, 0.05) is 18.7 Å². The standard InChI is InChI=1S/C15H25N3O/c1-12(13-5-7-14(16)8-6-13)11-15(19)17-9-4-10-18(2)3/h5-8,12H,4,9-11,16H2,1-3H3,(H,17,19). The second-order valence-corrected chi connectivity index (χ2v) is 5.28. The highest BCUT2D eigenvalue weighted by molar-refractivity contribution is 5.76. The highest BCUT2D eigenvalue weighted by atomic mass is 16.1. The molecule has 0 fully saturated rings. The fourth-order valence-electron chi connectivity index (χ4n) is 1.92. The van der Waals surface area contributed by atoms with Crippen molar-refractivity contribution in [3.63, 3.8) is 0 Å². The van der Waals surface area contributed by atoms with E-state index < -0.39 is 0 Å². The van der Waals surface area contributed by atoms with E-state index in [2.05, 4.69) is 17.1 Å². The lowest BCUT2D eigenvalue weighted by Gasteiger charge is -2.13. The van der Waals surface area contributed by atoms with Gasteiger partial charge in [-0.1, -0.05) is 19.1 Å². The third-order valence-corrected chi connectivity index (χ3v) is 3.10. The second-order valence-electron chi connectivity index (χ2n) is 5.28. The maximum absolute atomic E-state index is 11.8. The van der Waals surface area contributed by atoms with Gasteiger partial charge in [0.15, 0.2) is 0 Å². The zero-order chi connectivity index (χ0) is 14.3. The molecular formula is C15H25N3O. The number of nitrogens with two attached hydrogens (primary N) is 1. The van der Waals surface area contributed by atoms with Crippen molar-refractivity contribution < 1.29 is 4.79 Å². The summed E-state index contributed by atoms with van der Waals surface area (Å²) >= 11 is 0. The Morgan fingerprint density at radius 1 is 1.32 bits per heavy atom. The van der Waals surface area contributed by atoms with Crippen molar-refractivity contribution in [3.05, 3.63) is 29.8 Å². The molecule has 0 heterocycles. The SMILES string of the molecule is CC(CC(=O)NCCCN(C)C)c1ccc(N)cc1. The molecule has 1 aromatic carbocycles. The Morgan fingerprint density at radius 2 is 1.95 bits per heavy atom. The predicted octanol–water partition coefficient (Wildman–Crippen LogP) is 1.83. The number of rotatable bonds is 7. The summed E-state index contributed by atoms with van der Waals surface area (Å²) < 4.78 is 0. The Bertz CT molecular complexity index is 387. The van der Waals surface area contributed by atoms with E-state index in [1.807, 2.05) is 38.4 Å². The third kappa shape index (κ3) is 6.25. The van der Waals surface area contributed by atoms with Crippen LogP contribution >= 0.6 is 0 Å². The number of amides is 1. The largest absolute Gasteiger partial charge is 0.399 e. The summed E-state index contributed by atoms with van der Waals surface area (Å²) in [4.78, 5) is 13.9. The molecule has 106 valence electrons. The molecule has 1 atom stereocenters. The van der Waals surface area contributed by atoms with E-state index in [4.69, 9.17) is 5.73 Å². The van der Waals surface area contributed by atoms with Crippen molar-refractivity contribution in [2.24, 2.45) is 0 Å². The first-order valence-corrected chi connectivity index (χ1v) is 6.76. The molecule has 4 nitrogen and oxygen atoms in total. The van der Waals surface area contributed by atoms with Gasteiger partial charge in [0.25, 0.3) is 0 Å². The van der Waals surface area contributed by atoms with E-state index in [1.54, 1.807) is 0 Å². The molecule has 0 aromatic heterocycles. The Labute approximate surface area is 116 Å². The van der Waals surface area contributed by atoms with Crippen LogP contribution in [0.15, 0.2) is 24.3 Å². The molecule has 0 aliphatic rings. The molecule has 1 rings (SSSR count). The first-order valence-electron chi connectivity index (χ1n) is 6.76. The average Bonchev–Trinajstić information content (AvgIpc) is 2.35. The number of nitrogens with one attached hydrogen (secondary N) is 1. The van der Waals surface area contributed by atoms with Crippen LogP contribution in [-0.4, -0.2) is 38.0 Å². The van der Waals surface area contributed by atoms with Crippen LogP contribution in [0.1, 0.15) is 31.2 Å². The molecule has 0 bridgehead atoms. The van der Waals surface area contributed by atoms with Crippen LogP contribution in [-0.2, 0) is 4.79 Å². The van der Waals surface area contributed by atoms with Crippen LogP contribution < -0.4 is 11.1 Å². The predicted molar refractivity (Wildman–Crippen MR) is 80.1 cm³/mol. The molecule has 1 aromatic rings. The fourth-order valence-corrected chi connectivity index (χ4v) is 1.92. The van der Waals surface area contributed by atoms with Crippen LogP contribution in [0.2, 0.25) is 0 Å². The molecule has 0 spiro atoms. The van der Waals surface area contributed by atoms with Crippen LogP contribution in [0.25, 0.3) is 0 Å². The molecule has 19 heavy (non-hydrogen) atoms. The van der Waals surface area contributed by atoms with Gasteiger partial charge in [-0.3, -0.25) is 4.79 Å². The van der Waals surface area contributed by atoms with E-state index >= 15 is 0 Å². The van der Waals surface area contributed by atoms with E-state index in [1.165, 1.54) is 0 Å². The Balaban J connectivity index is 2.29. The quantitative estimate of drug-likeness (QED) is 0.583. The monoisotopic (exact) mass is 263 g/mol. The minimum atomic E-state index is 0.114. The van der Waals surface area contributed by atoms with E-state index in [0.717, 1.165) is 30.8 Å². The van der Waals surface area contributed by atoms with E-state index in [0.29, 0.717) is 6.42 Å². The average molecular weight is 263 g/mol. The fraction of sp³-hybridized carbons (Fsp3) is 0.533. The van der Waals surface area contributed by atoms with Crippen molar-refractivity contribution in [1.82, 2.24) is 10.2 Å². The summed E-state index contributed by atoms with van der Waals surface area (Å²) in [6.45, 7) is 3.80. The summed E-state index contributed by atoms with van der Waals surface area (Å²) in [5.41, 5.74) is 7.55. The normalized spacial score (nSPS) is 12.4. The first-order chi connectivity index (χ1) is 8.99. The first kappa shape index (κ1) is 15.5. The summed E-state index contributed by atoms with van der Waals surface area (Å²) in [7, 11) is 4.07. The highest BCUT2D eigenvalue weighted by Gasteiger charge is 2.10. The number of carbonyl (C=O) groups is 1. The van der Waals surface area contributed by atoms with Gasteiger partial charge in [-0.05, 0) is 50.7 Å². The van der Waals surface area contributed by atoms with Gasteiger partial charge in [0.2, 0.25) is 5.91 Å². The van der Waals surface area contributed by atoms with Gasteiger partial charge in [-0.15, -0.1) is 0 Å². The van der Waals surface area contributed by atoms with Crippen LogP contribution in [0, 0.1) is 0 Å². The molecule has 3 N–H and O–H groups in total. The molecule has 0 saturated heterocycles. The molecule has 0 saturated carbocycles. The zero-order valence-corrected chi connectivity index (χ0v) is 12.1. The van der Waals surface area contributed by atoms with E-state index in [9.17, 15) is 4.79 Å². The lowest BCUT2D eigenvalue weighted by Crippen LogP contribution is -2.27. The maximum atomic E-state index is 11.8. The number of benzene rings is 1. The van der Waals surface area contributed by atoms with Gasteiger partial charge < -0.3 is 16.0 Å². The summed E-state index contributed by atoms with van der Waals surface area (Å²) in [5.74, 6) is 0.331. The summed E-state index contributed by atoms with van der Waals surface area (Å²) in [6, 6.07) is 7.72. The molecular weight excluding hydrogens is 238 g/mol. The Hall–Kier alpha value is -1.55. The van der Waals surface area contributed by atoms with Crippen molar-refractivity contribution in [1.29, 1.82) is 0 Å². The molecule has 0 aliphatic heterocycles. The minimum Gasteiger partial charge on any atom is -0.399 e. The van der Waals surface area contributed by atoms with Crippen LogP contribution in [0.5, 0.6) is 0 Å². The van der Waals surface area contributed by atoms with Gasteiger partial charge in [0.05, 0.1) is 0 Å². The third-order valence-electron chi connectivity index (χ3n) is 3.10. The van der Waals surface area contributed by atoms with Gasteiger partial charge in [-0.2, -0.15) is 0 Å². The Kier molecular flexibility index (Phi) is 6.36. The molecule has 1 amide bonds. The number of nitrogens with zero attached hydrogens (tertiary/aromatic N) is 1. The van der Waals surface area contributed by atoms with Gasteiger partial charge in [0.1, 0.15) is 0 Å². The summed E-state index contributed by atoms with van der Waals surface area (Å²) in [6.07, 6.45) is 1.50. The minimum absolute atomic E-state index is 0.114. The van der Waals surface area contributed by atoms with Gasteiger partial charge in [-0.25, -0.2) is 0 Å². The second kappa shape index (κ2) is 7.79. The zero-order valence-electron chi connectivity index (χ0n) is 12.1. The molecule has 0 radical (unpaired) electrons. The number of carbonyl (C=O) groups excluding carboxylic acids is 1. The smallest absolute Gasteiger partial charge is 0.220 e. The maximum Gasteiger partial charge on any atom is 0.220 e. The topological polar surface area (TPSA) is 58.4 Å². The number of nitrogen functional groups attached to an aromatic ring is 1. The van der Waals surface area contributed by atoms with Crippen molar-refractivity contribution >= 4 is 11.6 Å². The van der Waals surface area contributed by atoms with Crippen LogP contribution in [0.3, 0.4) is 0 Å². The highest BCUT2D eigenvalue weighted by Crippen LogP contribution is 2.19. The molecule has 4 heteroatoms. The number of anilines is 1. The molecule has 1 unspecified atom stereocenters. The summed E-state index contributed by atoms with van der Waals surface area (Å²) in [5, 5.41) is 2.96. The van der Waals surface area contributed by atoms with Crippen molar-refractivity contribution in [2.45, 2.75) is 25.7 Å². The van der Waals surface area contributed by atoms with E-state index in [-0.39, 0.29) is 11.8 Å². The van der Waals surface area contributed by atoms with Crippen LogP contribution in [0.4, 0.5) is 5.69 Å². The lowest BCUT2D eigenvalue weighted by atomic mass is 9.97. The lowest BCUT2D eigenvalue weighted by molar-refractivity contribution is -0.121. The van der Waals surface area contributed by atoms with Crippen molar-refractivity contribution in [2.75, 3.05) is 32.9 Å². The number of hydrogen-bond donors (Lipinski definition) is 2. The number of hydrogen-bond acceptors (Lipinski definition) is 3. The van der Waals surface area contributed by atoms with Crippen molar-refractivity contribution in [3.8, 4) is 0 Å². The Morgan fingerprint density at radius 3 is 2.53 bits per heavy atom. The molecule has 0 aliphatic carbocycles.